The van der Waals surface area contributed by atoms with Crippen molar-refractivity contribution in [3.05, 3.63) is 90.9 Å². The second kappa shape index (κ2) is 9.14. The zero-order chi connectivity index (χ0) is 28.3. The number of Topliss-reactive ketones (excluding diaryl/α,β-unsaturated/α-hetero) is 2. The van der Waals surface area contributed by atoms with Crippen molar-refractivity contribution in [2.45, 2.75) is 59.3 Å². The quantitative estimate of drug-likeness (QED) is 0.306. The molecule has 2 aromatic carbocycles. The number of rotatable bonds is 5. The highest BCUT2D eigenvalue weighted by Gasteiger charge is 2.47. The first-order valence-corrected chi connectivity index (χ1v) is 12.7. The largest absolute Gasteiger partial charge is 0.465 e. The van der Waals surface area contributed by atoms with E-state index in [0.717, 1.165) is 12.1 Å². The lowest BCUT2D eigenvalue weighted by Gasteiger charge is -2.42. The molecule has 0 saturated heterocycles. The van der Waals surface area contributed by atoms with Crippen LogP contribution in [0.25, 0.3) is 0 Å². The lowest BCUT2D eigenvalue weighted by atomic mass is 9.65. The smallest absolute Gasteiger partial charge is 0.318 e. The normalized spacial score (nSPS) is 20.2. The molecule has 202 valence electrons. The maximum atomic E-state index is 13.4. The summed E-state index contributed by atoms with van der Waals surface area (Å²) in [6.45, 7) is 8.10. The number of nitro benzene ring substituents is 2. The SMILES string of the molecule is CC1(C)CC(=O)C2=C(C1)OC1=C(C(=O)CC(C)(C)C1)C2c1ccc(Oc2ccc([N+](=O)[O-])cc2[N+](=O)[O-])cc1. The van der Waals surface area contributed by atoms with E-state index in [1.807, 2.05) is 27.7 Å². The molecule has 0 bridgehead atoms. The van der Waals surface area contributed by atoms with Crippen molar-refractivity contribution in [3.63, 3.8) is 0 Å². The Morgan fingerprint density at radius 1 is 0.795 bits per heavy atom. The topological polar surface area (TPSA) is 139 Å². The van der Waals surface area contributed by atoms with E-state index in [4.69, 9.17) is 9.47 Å². The molecule has 0 aromatic heterocycles. The summed E-state index contributed by atoms with van der Waals surface area (Å²) >= 11 is 0. The number of ketones is 2. The van der Waals surface area contributed by atoms with Crippen LogP contribution in [0.4, 0.5) is 11.4 Å². The van der Waals surface area contributed by atoms with Gasteiger partial charge in [0.2, 0.25) is 5.75 Å². The van der Waals surface area contributed by atoms with Crippen molar-refractivity contribution in [3.8, 4) is 11.5 Å². The first-order chi connectivity index (χ1) is 18.2. The van der Waals surface area contributed by atoms with Gasteiger partial charge in [-0.1, -0.05) is 39.8 Å². The molecule has 3 aliphatic rings. The molecule has 5 rings (SSSR count). The van der Waals surface area contributed by atoms with E-state index in [2.05, 4.69) is 0 Å². The van der Waals surface area contributed by atoms with Crippen molar-refractivity contribution in [1.29, 1.82) is 0 Å². The highest BCUT2D eigenvalue weighted by Crippen LogP contribution is 2.53. The van der Waals surface area contributed by atoms with Gasteiger partial charge >= 0.3 is 5.69 Å². The summed E-state index contributed by atoms with van der Waals surface area (Å²) in [7, 11) is 0. The number of nitro groups is 2. The summed E-state index contributed by atoms with van der Waals surface area (Å²) in [6.07, 6.45) is 1.86. The van der Waals surface area contributed by atoms with Gasteiger partial charge in [0.1, 0.15) is 17.3 Å². The number of nitrogens with zero attached hydrogens (tertiary/aromatic N) is 2. The Bertz CT molecular complexity index is 1450. The van der Waals surface area contributed by atoms with Gasteiger partial charge in [0.25, 0.3) is 5.69 Å². The molecule has 2 aromatic rings. The van der Waals surface area contributed by atoms with Crippen LogP contribution in [-0.2, 0) is 14.3 Å². The summed E-state index contributed by atoms with van der Waals surface area (Å²) in [6, 6.07) is 9.83. The Morgan fingerprint density at radius 2 is 1.33 bits per heavy atom. The lowest BCUT2D eigenvalue weighted by molar-refractivity contribution is -0.394. The van der Waals surface area contributed by atoms with E-state index in [9.17, 15) is 29.8 Å². The maximum absolute atomic E-state index is 13.4. The molecule has 10 nitrogen and oxygen atoms in total. The molecule has 0 amide bonds. The van der Waals surface area contributed by atoms with Crippen molar-refractivity contribution in [1.82, 2.24) is 0 Å². The van der Waals surface area contributed by atoms with Crippen molar-refractivity contribution >= 4 is 22.9 Å². The third-order valence-corrected chi connectivity index (χ3v) is 7.37. The Balaban J connectivity index is 1.53. The molecular weight excluding hydrogens is 504 g/mol. The first-order valence-electron chi connectivity index (χ1n) is 12.7. The Kier molecular flexibility index (Phi) is 6.16. The maximum Gasteiger partial charge on any atom is 0.318 e. The number of carbonyl (C=O) groups excluding carboxylic acids is 2. The number of hydrogen-bond donors (Lipinski definition) is 0. The fourth-order valence-electron chi connectivity index (χ4n) is 5.71. The van der Waals surface area contributed by atoms with E-state index >= 15 is 0 Å². The van der Waals surface area contributed by atoms with Gasteiger partial charge in [-0.05, 0) is 34.6 Å². The van der Waals surface area contributed by atoms with Crippen LogP contribution < -0.4 is 4.74 Å². The summed E-state index contributed by atoms with van der Waals surface area (Å²) in [5, 5.41) is 22.5. The van der Waals surface area contributed by atoms with E-state index in [1.54, 1.807) is 24.3 Å². The second-order valence-corrected chi connectivity index (χ2v) is 11.9. The van der Waals surface area contributed by atoms with Gasteiger partial charge in [0.15, 0.2) is 11.6 Å². The highest BCUT2D eigenvalue weighted by atomic mass is 16.6. The minimum absolute atomic E-state index is 0.0442. The molecule has 0 spiro atoms. The number of non-ortho nitro benzene ring substituents is 1. The van der Waals surface area contributed by atoms with Crippen LogP contribution in [0.2, 0.25) is 0 Å². The van der Waals surface area contributed by atoms with Crippen LogP contribution in [0.3, 0.4) is 0 Å². The van der Waals surface area contributed by atoms with E-state index in [0.29, 0.717) is 53.9 Å². The van der Waals surface area contributed by atoms with Gasteiger partial charge in [0, 0.05) is 48.8 Å². The average molecular weight is 533 g/mol. The first kappa shape index (κ1) is 26.3. The monoisotopic (exact) mass is 532 g/mol. The van der Waals surface area contributed by atoms with Gasteiger partial charge in [-0.15, -0.1) is 0 Å². The molecule has 1 heterocycles. The molecule has 0 radical (unpaired) electrons. The molecule has 0 unspecified atom stereocenters. The molecule has 10 heteroatoms. The molecule has 1 aliphatic heterocycles. The molecule has 2 aliphatic carbocycles. The van der Waals surface area contributed by atoms with Crippen LogP contribution in [0, 0.1) is 31.1 Å². The Labute approximate surface area is 224 Å². The third-order valence-electron chi connectivity index (χ3n) is 7.37. The summed E-state index contributed by atoms with van der Waals surface area (Å²) in [4.78, 5) is 47.9. The van der Waals surface area contributed by atoms with Gasteiger partial charge in [-0.2, -0.15) is 0 Å². The minimum atomic E-state index is -0.743. The number of hydrogen-bond acceptors (Lipinski definition) is 8. The molecule has 39 heavy (non-hydrogen) atoms. The van der Waals surface area contributed by atoms with Gasteiger partial charge in [-0.3, -0.25) is 29.8 Å². The van der Waals surface area contributed by atoms with Gasteiger partial charge in [0.05, 0.1) is 15.9 Å². The van der Waals surface area contributed by atoms with Crippen molar-refractivity contribution in [2.75, 3.05) is 0 Å². The number of allylic oxidation sites excluding steroid dienone is 4. The minimum Gasteiger partial charge on any atom is -0.465 e. The molecule has 0 fully saturated rings. The second-order valence-electron chi connectivity index (χ2n) is 11.9. The van der Waals surface area contributed by atoms with Crippen LogP contribution in [-0.4, -0.2) is 21.4 Å². The van der Waals surface area contributed by atoms with Crippen LogP contribution in [0.5, 0.6) is 11.5 Å². The number of benzene rings is 2. The van der Waals surface area contributed by atoms with Gasteiger partial charge in [-0.25, -0.2) is 0 Å². The predicted octanol–water partition coefficient (Wildman–Crippen LogP) is 6.70. The van der Waals surface area contributed by atoms with Crippen LogP contribution in [0.15, 0.2) is 65.1 Å². The fourth-order valence-corrected chi connectivity index (χ4v) is 5.71. The standard InChI is InChI=1S/C29H28N2O8/c1-28(2)12-20(32)26-23(14-28)39-24-15-29(3,4)13-21(33)27(24)25(26)16-5-8-18(9-6-16)38-22-10-7-17(30(34)35)11-19(22)31(36)37/h5-11,25H,12-15H2,1-4H3. The molecule has 0 N–H and O–H groups in total. The van der Waals surface area contributed by atoms with E-state index in [-0.39, 0.29) is 33.9 Å². The van der Waals surface area contributed by atoms with Crippen LogP contribution >= 0.6 is 0 Å². The third kappa shape index (κ3) is 4.94. The molecular formula is C29H28N2O8. The fraction of sp³-hybridized carbons (Fsp3) is 0.379. The zero-order valence-electron chi connectivity index (χ0n) is 22.1. The number of ether oxygens (including phenoxy) is 2. The van der Waals surface area contributed by atoms with E-state index in [1.165, 1.54) is 6.07 Å². The van der Waals surface area contributed by atoms with E-state index < -0.39 is 27.1 Å². The summed E-state index contributed by atoms with van der Waals surface area (Å²) in [5.41, 5.74) is 0.269. The highest BCUT2D eigenvalue weighted by molar-refractivity contribution is 6.06. The lowest BCUT2D eigenvalue weighted by Crippen LogP contribution is -2.37. The molecule has 0 saturated carbocycles. The van der Waals surface area contributed by atoms with Crippen molar-refractivity contribution < 1.29 is 28.9 Å². The zero-order valence-corrected chi connectivity index (χ0v) is 22.1. The average Bonchev–Trinajstić information content (AvgIpc) is 2.81. The van der Waals surface area contributed by atoms with Gasteiger partial charge < -0.3 is 9.47 Å². The van der Waals surface area contributed by atoms with Crippen LogP contribution in [0.1, 0.15) is 64.9 Å². The number of carbonyl (C=O) groups is 2. The summed E-state index contributed by atoms with van der Waals surface area (Å²) in [5.74, 6) is 0.695. The van der Waals surface area contributed by atoms with Crippen molar-refractivity contribution in [2.24, 2.45) is 10.8 Å². The summed E-state index contributed by atoms with van der Waals surface area (Å²) < 4.78 is 12.0. The Morgan fingerprint density at radius 3 is 1.82 bits per heavy atom. The molecule has 0 atom stereocenters. The predicted molar refractivity (Wildman–Crippen MR) is 140 cm³/mol. The Hall–Kier alpha value is -4.34.